The number of aromatic nitrogens is 2. The number of hydrogen-bond acceptors (Lipinski definition) is 2. The smallest absolute Gasteiger partial charge is 0.389 e. The molecule has 2 rings (SSSR count). The van der Waals surface area contributed by atoms with Crippen LogP contribution < -0.4 is 0 Å². The van der Waals surface area contributed by atoms with E-state index in [0.717, 1.165) is 17.8 Å². The van der Waals surface area contributed by atoms with Gasteiger partial charge in [0.1, 0.15) is 0 Å². The normalized spacial score (nSPS) is 13.6. The zero-order valence-corrected chi connectivity index (χ0v) is 11.4. The highest BCUT2D eigenvalue weighted by Crippen LogP contribution is 2.30. The van der Waals surface area contributed by atoms with Crippen LogP contribution in [0, 0.1) is 13.8 Å². The first-order valence-electron chi connectivity index (χ1n) is 6.13. The Morgan fingerprint density at radius 2 is 1.70 bits per heavy atom. The molecule has 0 aliphatic carbocycles. The molecule has 20 heavy (non-hydrogen) atoms. The average molecular weight is 284 g/mol. The van der Waals surface area contributed by atoms with Gasteiger partial charge in [-0.3, -0.25) is 0 Å². The lowest BCUT2D eigenvalue weighted by Gasteiger charge is -2.09. The predicted molar refractivity (Wildman–Crippen MR) is 68.7 cm³/mol. The number of benzene rings is 1. The first-order chi connectivity index (χ1) is 9.21. The SMILES string of the molecule is Cc1nn(-c2ccc(C(F)(F)F)cc2)c(C)c1C(C)O. The van der Waals surface area contributed by atoms with E-state index < -0.39 is 17.8 Å². The molecule has 0 saturated heterocycles. The number of alkyl halides is 3. The summed E-state index contributed by atoms with van der Waals surface area (Å²) in [7, 11) is 0. The van der Waals surface area contributed by atoms with E-state index in [1.807, 2.05) is 0 Å². The largest absolute Gasteiger partial charge is 0.416 e. The van der Waals surface area contributed by atoms with Crippen molar-refractivity contribution in [2.24, 2.45) is 0 Å². The van der Waals surface area contributed by atoms with Crippen LogP contribution in [0.3, 0.4) is 0 Å². The number of aliphatic hydroxyl groups excluding tert-OH is 1. The van der Waals surface area contributed by atoms with Gasteiger partial charge in [-0.15, -0.1) is 0 Å². The van der Waals surface area contributed by atoms with Gasteiger partial charge >= 0.3 is 6.18 Å². The van der Waals surface area contributed by atoms with Gasteiger partial charge in [0.05, 0.1) is 23.0 Å². The van der Waals surface area contributed by atoms with E-state index >= 15 is 0 Å². The minimum atomic E-state index is -4.35. The Morgan fingerprint density at radius 3 is 2.10 bits per heavy atom. The first kappa shape index (κ1) is 14.6. The van der Waals surface area contributed by atoms with Crippen LogP contribution in [0.4, 0.5) is 13.2 Å². The van der Waals surface area contributed by atoms with E-state index in [1.54, 1.807) is 20.8 Å². The zero-order chi connectivity index (χ0) is 15.1. The van der Waals surface area contributed by atoms with Crippen LogP contribution in [0.1, 0.15) is 35.5 Å². The van der Waals surface area contributed by atoms with Gasteiger partial charge in [-0.2, -0.15) is 18.3 Å². The molecule has 0 aliphatic heterocycles. The van der Waals surface area contributed by atoms with Crippen LogP contribution in [-0.4, -0.2) is 14.9 Å². The minimum Gasteiger partial charge on any atom is -0.389 e. The summed E-state index contributed by atoms with van der Waals surface area (Å²) in [6, 6.07) is 4.78. The summed E-state index contributed by atoms with van der Waals surface area (Å²) < 4.78 is 39.1. The number of nitrogens with zero attached hydrogens (tertiary/aromatic N) is 2. The highest BCUT2D eigenvalue weighted by atomic mass is 19.4. The van der Waals surface area contributed by atoms with Crippen molar-refractivity contribution < 1.29 is 18.3 Å². The standard InChI is InChI=1S/C14H15F3N2O/c1-8-13(10(3)20)9(2)19(18-8)12-6-4-11(5-7-12)14(15,16)17/h4-7,10,20H,1-3H3. The highest BCUT2D eigenvalue weighted by Gasteiger charge is 2.30. The van der Waals surface area contributed by atoms with Crippen LogP contribution >= 0.6 is 0 Å². The summed E-state index contributed by atoms with van der Waals surface area (Å²) in [4.78, 5) is 0. The molecule has 6 heteroatoms. The maximum Gasteiger partial charge on any atom is 0.416 e. The zero-order valence-electron chi connectivity index (χ0n) is 11.4. The molecule has 1 aromatic carbocycles. The van der Waals surface area contributed by atoms with E-state index in [4.69, 9.17) is 0 Å². The van der Waals surface area contributed by atoms with Crippen molar-refractivity contribution in [2.45, 2.75) is 33.1 Å². The van der Waals surface area contributed by atoms with Gasteiger partial charge in [-0.25, -0.2) is 4.68 Å². The second kappa shape index (κ2) is 4.94. The van der Waals surface area contributed by atoms with Crippen molar-refractivity contribution in [3.63, 3.8) is 0 Å². The third-order valence-corrected chi connectivity index (χ3v) is 3.20. The van der Waals surface area contributed by atoms with E-state index in [9.17, 15) is 18.3 Å². The molecule has 0 fully saturated rings. The molecule has 108 valence electrons. The number of aliphatic hydroxyl groups is 1. The van der Waals surface area contributed by atoms with Gasteiger partial charge in [0.15, 0.2) is 0 Å². The molecule has 0 saturated carbocycles. The topological polar surface area (TPSA) is 38.0 Å². The van der Waals surface area contributed by atoms with E-state index in [0.29, 0.717) is 16.9 Å². The number of hydrogen-bond donors (Lipinski definition) is 1. The fraction of sp³-hybridized carbons (Fsp3) is 0.357. The van der Waals surface area contributed by atoms with Crippen molar-refractivity contribution in [2.75, 3.05) is 0 Å². The summed E-state index contributed by atoms with van der Waals surface area (Å²) in [5, 5.41) is 14.0. The monoisotopic (exact) mass is 284 g/mol. The fourth-order valence-corrected chi connectivity index (χ4v) is 2.30. The van der Waals surface area contributed by atoms with Crippen molar-refractivity contribution in [1.29, 1.82) is 0 Å². The quantitative estimate of drug-likeness (QED) is 0.915. The Balaban J connectivity index is 2.45. The van der Waals surface area contributed by atoms with Gasteiger partial charge in [0.2, 0.25) is 0 Å². The second-order valence-electron chi connectivity index (χ2n) is 4.72. The molecule has 0 amide bonds. The van der Waals surface area contributed by atoms with E-state index in [2.05, 4.69) is 5.10 Å². The molecule has 1 N–H and O–H groups in total. The lowest BCUT2D eigenvalue weighted by atomic mass is 10.1. The molecule has 1 atom stereocenters. The van der Waals surface area contributed by atoms with Crippen LogP contribution in [0.25, 0.3) is 5.69 Å². The average Bonchev–Trinajstić information content (AvgIpc) is 2.64. The van der Waals surface area contributed by atoms with Crippen LogP contribution in [-0.2, 0) is 6.18 Å². The number of halogens is 3. The van der Waals surface area contributed by atoms with E-state index in [-0.39, 0.29) is 0 Å². The molecule has 1 aromatic heterocycles. The number of rotatable bonds is 2. The minimum absolute atomic E-state index is 0.533. The number of aryl methyl sites for hydroxylation is 1. The van der Waals surface area contributed by atoms with Crippen LogP contribution in [0.5, 0.6) is 0 Å². The molecule has 2 aromatic rings. The molecule has 1 unspecified atom stereocenters. The molecule has 0 spiro atoms. The van der Waals surface area contributed by atoms with E-state index in [1.165, 1.54) is 16.8 Å². The Bertz CT molecular complexity index is 613. The van der Waals surface area contributed by atoms with Crippen molar-refractivity contribution >= 4 is 0 Å². The Hall–Kier alpha value is -1.82. The van der Waals surface area contributed by atoms with Crippen molar-refractivity contribution in [3.8, 4) is 5.69 Å². The van der Waals surface area contributed by atoms with Gasteiger partial charge in [-0.1, -0.05) is 0 Å². The molecule has 0 bridgehead atoms. The van der Waals surface area contributed by atoms with Crippen LogP contribution in [0.2, 0.25) is 0 Å². The summed E-state index contributed by atoms with van der Waals surface area (Å²) in [6.45, 7) is 5.17. The maximum absolute atomic E-state index is 12.5. The lowest BCUT2D eigenvalue weighted by molar-refractivity contribution is -0.137. The molecular weight excluding hydrogens is 269 g/mol. The fourth-order valence-electron chi connectivity index (χ4n) is 2.30. The summed E-state index contributed by atoms with van der Waals surface area (Å²) >= 11 is 0. The van der Waals surface area contributed by atoms with Crippen molar-refractivity contribution in [3.05, 3.63) is 46.8 Å². The third kappa shape index (κ3) is 2.56. The summed E-state index contributed by atoms with van der Waals surface area (Å²) in [5.41, 5.74) is 1.92. The lowest BCUT2D eigenvalue weighted by Crippen LogP contribution is -2.06. The summed E-state index contributed by atoms with van der Waals surface area (Å²) in [5.74, 6) is 0. The Kier molecular flexibility index (Phi) is 3.60. The highest BCUT2D eigenvalue weighted by molar-refractivity contribution is 5.39. The maximum atomic E-state index is 12.5. The molecule has 3 nitrogen and oxygen atoms in total. The second-order valence-corrected chi connectivity index (χ2v) is 4.72. The van der Waals surface area contributed by atoms with Crippen molar-refractivity contribution in [1.82, 2.24) is 9.78 Å². The van der Waals surface area contributed by atoms with Crippen LogP contribution in [0.15, 0.2) is 24.3 Å². The van der Waals surface area contributed by atoms with Gasteiger partial charge in [0.25, 0.3) is 0 Å². The first-order valence-corrected chi connectivity index (χ1v) is 6.13. The Labute approximate surface area is 114 Å². The molecule has 0 radical (unpaired) electrons. The molecule has 1 heterocycles. The Morgan fingerprint density at radius 1 is 1.15 bits per heavy atom. The molecular formula is C14H15F3N2O. The van der Waals surface area contributed by atoms with Gasteiger partial charge < -0.3 is 5.11 Å². The summed E-state index contributed by atoms with van der Waals surface area (Å²) in [6.07, 6.45) is -5.02. The van der Waals surface area contributed by atoms with Gasteiger partial charge in [0, 0.05) is 11.3 Å². The third-order valence-electron chi connectivity index (χ3n) is 3.20. The predicted octanol–water partition coefficient (Wildman–Crippen LogP) is 3.56. The molecule has 0 aliphatic rings. The van der Waals surface area contributed by atoms with Gasteiger partial charge in [-0.05, 0) is 45.0 Å².